The largest absolute Gasteiger partial charge is 0.339 e. The molecule has 0 bridgehead atoms. The molecule has 3 amide bonds. The van der Waals surface area contributed by atoms with E-state index in [1.807, 2.05) is 4.90 Å². The number of hydrogen-bond donors (Lipinski definition) is 2. The fourth-order valence-electron chi connectivity index (χ4n) is 2.39. The topological polar surface area (TPSA) is 61.4 Å². The maximum absolute atomic E-state index is 12.3. The first-order valence-electron chi connectivity index (χ1n) is 7.65. The molecule has 5 heteroatoms. The van der Waals surface area contributed by atoms with Gasteiger partial charge in [-0.3, -0.25) is 4.79 Å². The van der Waals surface area contributed by atoms with Gasteiger partial charge in [-0.2, -0.15) is 0 Å². The molecule has 1 aromatic rings. The highest BCUT2D eigenvalue weighted by atomic mass is 16.2. The van der Waals surface area contributed by atoms with Crippen molar-refractivity contribution < 1.29 is 9.59 Å². The molecule has 0 aliphatic carbocycles. The van der Waals surface area contributed by atoms with Gasteiger partial charge in [-0.15, -0.1) is 0 Å². The minimum atomic E-state index is -0.228. The normalized spacial score (nSPS) is 14.0. The molecule has 0 unspecified atom stereocenters. The lowest BCUT2D eigenvalue weighted by Gasteiger charge is -2.16. The molecule has 0 radical (unpaired) electrons. The number of benzene rings is 1. The summed E-state index contributed by atoms with van der Waals surface area (Å²) >= 11 is 0. The van der Waals surface area contributed by atoms with Gasteiger partial charge in [0.05, 0.1) is 0 Å². The number of nitrogens with one attached hydrogen (secondary N) is 2. The van der Waals surface area contributed by atoms with Crippen LogP contribution in [-0.4, -0.2) is 36.5 Å². The molecular formula is C16H23N3O2. The molecule has 1 heterocycles. The quantitative estimate of drug-likeness (QED) is 0.819. The van der Waals surface area contributed by atoms with Gasteiger partial charge in [0.25, 0.3) is 5.91 Å². The average molecular weight is 289 g/mol. The lowest BCUT2D eigenvalue weighted by atomic mass is 10.2. The van der Waals surface area contributed by atoms with Crippen LogP contribution in [0.25, 0.3) is 0 Å². The lowest BCUT2D eigenvalue weighted by Crippen LogP contribution is -2.30. The van der Waals surface area contributed by atoms with Gasteiger partial charge >= 0.3 is 6.03 Å². The Kier molecular flexibility index (Phi) is 5.60. The Labute approximate surface area is 125 Å². The van der Waals surface area contributed by atoms with Crippen molar-refractivity contribution >= 4 is 17.6 Å². The van der Waals surface area contributed by atoms with Gasteiger partial charge in [-0.05, 0) is 37.5 Å². The van der Waals surface area contributed by atoms with Crippen LogP contribution in [-0.2, 0) is 0 Å². The Morgan fingerprint density at radius 2 is 2.00 bits per heavy atom. The summed E-state index contributed by atoms with van der Waals surface area (Å²) in [6.45, 7) is 4.39. The zero-order chi connectivity index (χ0) is 15.1. The molecule has 1 aliphatic heterocycles. The number of hydrogen-bond acceptors (Lipinski definition) is 2. The van der Waals surface area contributed by atoms with Crippen LogP contribution in [0.5, 0.6) is 0 Å². The zero-order valence-electron chi connectivity index (χ0n) is 12.5. The van der Waals surface area contributed by atoms with Crippen molar-refractivity contribution in [2.45, 2.75) is 32.6 Å². The number of urea groups is 1. The van der Waals surface area contributed by atoms with Gasteiger partial charge in [-0.1, -0.05) is 19.4 Å². The van der Waals surface area contributed by atoms with Crippen molar-refractivity contribution in [2.75, 3.05) is 25.0 Å². The van der Waals surface area contributed by atoms with E-state index in [9.17, 15) is 9.59 Å². The van der Waals surface area contributed by atoms with E-state index >= 15 is 0 Å². The standard InChI is InChI=1S/C16H23N3O2/c1-2-3-9-17-16(21)18-14-8-6-7-13(12-14)15(20)19-10-4-5-11-19/h6-8,12H,2-5,9-11H2,1H3,(H2,17,18,21). The van der Waals surface area contributed by atoms with E-state index in [1.54, 1.807) is 24.3 Å². The van der Waals surface area contributed by atoms with Crippen LogP contribution in [0.15, 0.2) is 24.3 Å². The summed E-state index contributed by atoms with van der Waals surface area (Å²) in [5.41, 5.74) is 1.28. The van der Waals surface area contributed by atoms with E-state index in [4.69, 9.17) is 0 Å². The van der Waals surface area contributed by atoms with E-state index in [0.29, 0.717) is 17.8 Å². The number of amides is 3. The van der Waals surface area contributed by atoms with Crippen LogP contribution in [0, 0.1) is 0 Å². The second-order valence-corrected chi connectivity index (χ2v) is 5.31. The number of rotatable bonds is 5. The highest BCUT2D eigenvalue weighted by Crippen LogP contribution is 2.16. The summed E-state index contributed by atoms with van der Waals surface area (Å²) in [7, 11) is 0. The van der Waals surface area contributed by atoms with Crippen molar-refractivity contribution in [3.05, 3.63) is 29.8 Å². The summed E-state index contributed by atoms with van der Waals surface area (Å²) in [5, 5.41) is 5.56. The van der Waals surface area contributed by atoms with Gasteiger partial charge in [0.2, 0.25) is 0 Å². The van der Waals surface area contributed by atoms with Gasteiger partial charge in [0.15, 0.2) is 0 Å². The third kappa shape index (κ3) is 4.48. The molecule has 2 rings (SSSR count). The second-order valence-electron chi connectivity index (χ2n) is 5.31. The minimum Gasteiger partial charge on any atom is -0.339 e. The molecular weight excluding hydrogens is 266 g/mol. The van der Waals surface area contributed by atoms with E-state index in [2.05, 4.69) is 17.6 Å². The van der Waals surface area contributed by atoms with E-state index in [0.717, 1.165) is 38.8 Å². The number of anilines is 1. The maximum Gasteiger partial charge on any atom is 0.319 e. The summed E-state index contributed by atoms with van der Waals surface area (Å²) in [5.74, 6) is 0.0440. The van der Waals surface area contributed by atoms with Crippen LogP contribution in [0.3, 0.4) is 0 Å². The number of likely N-dealkylation sites (tertiary alicyclic amines) is 1. The van der Waals surface area contributed by atoms with Crippen molar-refractivity contribution in [1.82, 2.24) is 10.2 Å². The molecule has 114 valence electrons. The number of nitrogens with zero attached hydrogens (tertiary/aromatic N) is 1. The van der Waals surface area contributed by atoms with Crippen molar-refractivity contribution in [3.63, 3.8) is 0 Å². The lowest BCUT2D eigenvalue weighted by molar-refractivity contribution is 0.0793. The number of carbonyl (C=O) groups excluding carboxylic acids is 2. The third-order valence-corrected chi connectivity index (χ3v) is 3.58. The highest BCUT2D eigenvalue weighted by Gasteiger charge is 2.19. The van der Waals surface area contributed by atoms with Crippen LogP contribution in [0.1, 0.15) is 43.0 Å². The Morgan fingerprint density at radius 1 is 1.24 bits per heavy atom. The number of unbranched alkanes of at least 4 members (excludes halogenated alkanes) is 1. The average Bonchev–Trinajstić information content (AvgIpc) is 3.01. The third-order valence-electron chi connectivity index (χ3n) is 3.58. The minimum absolute atomic E-state index is 0.0440. The molecule has 0 saturated carbocycles. The fourth-order valence-corrected chi connectivity index (χ4v) is 2.39. The summed E-state index contributed by atoms with van der Waals surface area (Å²) in [6, 6.07) is 6.89. The van der Waals surface area contributed by atoms with Gasteiger partial charge in [0.1, 0.15) is 0 Å². The summed E-state index contributed by atoms with van der Waals surface area (Å²) in [4.78, 5) is 25.9. The summed E-state index contributed by atoms with van der Waals surface area (Å²) in [6.07, 6.45) is 4.15. The van der Waals surface area contributed by atoms with E-state index in [-0.39, 0.29) is 11.9 Å². The molecule has 2 N–H and O–H groups in total. The van der Waals surface area contributed by atoms with E-state index < -0.39 is 0 Å². The zero-order valence-corrected chi connectivity index (χ0v) is 12.5. The SMILES string of the molecule is CCCCNC(=O)Nc1cccc(C(=O)N2CCCC2)c1. The predicted molar refractivity (Wildman–Crippen MR) is 83.5 cm³/mol. The smallest absolute Gasteiger partial charge is 0.319 e. The highest BCUT2D eigenvalue weighted by molar-refractivity contribution is 5.97. The maximum atomic E-state index is 12.3. The molecule has 5 nitrogen and oxygen atoms in total. The Morgan fingerprint density at radius 3 is 2.71 bits per heavy atom. The first-order valence-corrected chi connectivity index (χ1v) is 7.65. The molecule has 1 saturated heterocycles. The molecule has 21 heavy (non-hydrogen) atoms. The van der Waals surface area contributed by atoms with Gasteiger partial charge in [0, 0.05) is 30.9 Å². The van der Waals surface area contributed by atoms with Crippen molar-refractivity contribution in [2.24, 2.45) is 0 Å². The Bertz CT molecular complexity index is 496. The van der Waals surface area contributed by atoms with Crippen LogP contribution in [0.2, 0.25) is 0 Å². The van der Waals surface area contributed by atoms with Gasteiger partial charge in [-0.25, -0.2) is 4.79 Å². The molecule has 1 aliphatic rings. The molecule has 0 spiro atoms. The fraction of sp³-hybridized carbons (Fsp3) is 0.500. The first kappa shape index (κ1) is 15.4. The molecule has 1 fully saturated rings. The van der Waals surface area contributed by atoms with Crippen molar-refractivity contribution in [1.29, 1.82) is 0 Å². The van der Waals surface area contributed by atoms with Crippen LogP contribution >= 0.6 is 0 Å². The Balaban J connectivity index is 1.94. The molecule has 0 aromatic heterocycles. The number of carbonyl (C=O) groups is 2. The van der Waals surface area contributed by atoms with E-state index in [1.165, 1.54) is 0 Å². The molecule has 0 atom stereocenters. The predicted octanol–water partition coefficient (Wildman–Crippen LogP) is 2.84. The molecule has 1 aromatic carbocycles. The second kappa shape index (κ2) is 7.67. The van der Waals surface area contributed by atoms with Crippen LogP contribution in [0.4, 0.5) is 10.5 Å². The monoisotopic (exact) mass is 289 g/mol. The Hall–Kier alpha value is -2.04. The van der Waals surface area contributed by atoms with Crippen LogP contribution < -0.4 is 10.6 Å². The van der Waals surface area contributed by atoms with Gasteiger partial charge < -0.3 is 15.5 Å². The van der Waals surface area contributed by atoms with Crippen molar-refractivity contribution in [3.8, 4) is 0 Å². The first-order chi connectivity index (χ1) is 10.2. The summed E-state index contributed by atoms with van der Waals surface area (Å²) < 4.78 is 0.